The van der Waals surface area contributed by atoms with Crippen molar-refractivity contribution in [1.82, 2.24) is 9.13 Å². The maximum Gasteiger partial charge on any atom is 0.332 e. The second-order valence-electron chi connectivity index (χ2n) is 5.87. The Balaban J connectivity index is 2.65. The first-order valence-corrected chi connectivity index (χ1v) is 6.81. The molecule has 1 saturated heterocycles. The summed E-state index contributed by atoms with van der Waals surface area (Å²) in [4.78, 5) is 26.2. The SMILES string of the molecule is C[C@@H]1C[C@H](C)CN(c2c(C#N)c(=O)n(C)c(=O)n2C)C1. The Morgan fingerprint density at radius 3 is 2.15 bits per heavy atom. The van der Waals surface area contributed by atoms with Gasteiger partial charge in [0, 0.05) is 27.2 Å². The van der Waals surface area contributed by atoms with Crippen molar-refractivity contribution in [3.8, 4) is 6.07 Å². The first-order valence-electron chi connectivity index (χ1n) is 6.81. The highest BCUT2D eigenvalue weighted by atomic mass is 16.2. The zero-order chi connectivity index (χ0) is 15.0. The van der Waals surface area contributed by atoms with Crippen molar-refractivity contribution in [1.29, 1.82) is 5.26 Å². The van der Waals surface area contributed by atoms with Gasteiger partial charge >= 0.3 is 5.69 Å². The van der Waals surface area contributed by atoms with Gasteiger partial charge in [0.15, 0.2) is 5.56 Å². The number of nitriles is 1. The predicted molar refractivity (Wildman–Crippen MR) is 76.8 cm³/mol. The number of hydrogen-bond donors (Lipinski definition) is 0. The Bertz CT molecular complexity index is 670. The highest BCUT2D eigenvalue weighted by Gasteiger charge is 2.27. The maximum atomic E-state index is 12.1. The fourth-order valence-corrected chi connectivity index (χ4v) is 3.14. The van der Waals surface area contributed by atoms with E-state index in [1.807, 2.05) is 11.0 Å². The lowest BCUT2D eigenvalue weighted by Gasteiger charge is -2.37. The second kappa shape index (κ2) is 5.16. The minimum atomic E-state index is -0.517. The topological polar surface area (TPSA) is 71.0 Å². The third kappa shape index (κ3) is 2.24. The average molecular weight is 276 g/mol. The Labute approximate surface area is 117 Å². The number of nitrogens with zero attached hydrogens (tertiary/aromatic N) is 4. The van der Waals surface area contributed by atoms with E-state index in [9.17, 15) is 14.9 Å². The van der Waals surface area contributed by atoms with Gasteiger partial charge in [0.25, 0.3) is 5.56 Å². The number of anilines is 1. The highest BCUT2D eigenvalue weighted by Crippen LogP contribution is 2.26. The minimum Gasteiger partial charge on any atom is -0.356 e. The van der Waals surface area contributed by atoms with Crippen molar-refractivity contribution >= 4 is 5.82 Å². The molecule has 0 saturated carbocycles. The predicted octanol–water partition coefficient (Wildman–Crippen LogP) is 0.438. The van der Waals surface area contributed by atoms with E-state index in [4.69, 9.17) is 0 Å². The van der Waals surface area contributed by atoms with Crippen LogP contribution in [0.5, 0.6) is 0 Å². The van der Waals surface area contributed by atoms with Crippen LogP contribution < -0.4 is 16.1 Å². The van der Waals surface area contributed by atoms with Gasteiger partial charge < -0.3 is 4.90 Å². The van der Waals surface area contributed by atoms with Crippen molar-refractivity contribution in [2.75, 3.05) is 18.0 Å². The molecule has 0 radical (unpaired) electrons. The van der Waals surface area contributed by atoms with Crippen molar-refractivity contribution in [2.24, 2.45) is 25.9 Å². The van der Waals surface area contributed by atoms with Gasteiger partial charge in [-0.25, -0.2) is 4.79 Å². The van der Waals surface area contributed by atoms with Crippen LogP contribution in [0, 0.1) is 23.2 Å². The fourth-order valence-electron chi connectivity index (χ4n) is 3.14. The lowest BCUT2D eigenvalue weighted by atomic mass is 9.92. The first-order chi connectivity index (χ1) is 9.36. The Kier molecular flexibility index (Phi) is 3.71. The van der Waals surface area contributed by atoms with Crippen molar-refractivity contribution in [2.45, 2.75) is 20.3 Å². The molecule has 6 nitrogen and oxygen atoms in total. The minimum absolute atomic E-state index is 0.0518. The van der Waals surface area contributed by atoms with E-state index in [0.29, 0.717) is 17.7 Å². The number of piperidine rings is 1. The Morgan fingerprint density at radius 2 is 1.65 bits per heavy atom. The summed E-state index contributed by atoms with van der Waals surface area (Å²) in [6.07, 6.45) is 1.12. The summed E-state index contributed by atoms with van der Waals surface area (Å²) in [5.74, 6) is 1.41. The van der Waals surface area contributed by atoms with Gasteiger partial charge in [-0.1, -0.05) is 13.8 Å². The summed E-state index contributed by atoms with van der Waals surface area (Å²) in [7, 11) is 3.01. The quantitative estimate of drug-likeness (QED) is 0.746. The van der Waals surface area contributed by atoms with Crippen LogP contribution in [0.3, 0.4) is 0 Å². The summed E-state index contributed by atoms with van der Waals surface area (Å²) in [6, 6.07) is 1.96. The van der Waals surface area contributed by atoms with Crippen LogP contribution in [0.15, 0.2) is 9.59 Å². The van der Waals surface area contributed by atoms with Gasteiger partial charge in [0.1, 0.15) is 11.9 Å². The van der Waals surface area contributed by atoms with E-state index in [0.717, 1.165) is 24.1 Å². The van der Waals surface area contributed by atoms with Crippen molar-refractivity contribution in [3.63, 3.8) is 0 Å². The summed E-state index contributed by atoms with van der Waals surface area (Å²) in [6.45, 7) is 5.82. The zero-order valence-corrected chi connectivity index (χ0v) is 12.4. The van der Waals surface area contributed by atoms with E-state index in [2.05, 4.69) is 13.8 Å². The molecule has 0 N–H and O–H groups in total. The molecule has 6 heteroatoms. The van der Waals surface area contributed by atoms with Gasteiger partial charge in [-0.05, 0) is 18.3 Å². The van der Waals surface area contributed by atoms with E-state index in [-0.39, 0.29) is 5.56 Å². The van der Waals surface area contributed by atoms with Crippen LogP contribution >= 0.6 is 0 Å². The van der Waals surface area contributed by atoms with Gasteiger partial charge in [-0.2, -0.15) is 5.26 Å². The lowest BCUT2D eigenvalue weighted by Crippen LogP contribution is -2.46. The van der Waals surface area contributed by atoms with Crippen LogP contribution in [-0.2, 0) is 14.1 Å². The standard InChI is InChI=1S/C14H20N4O2/c1-9-5-10(2)8-18(7-9)12-11(6-15)13(19)17(4)14(20)16(12)3/h9-10H,5,7-8H2,1-4H3/t9-,10+. The molecule has 1 aliphatic heterocycles. The molecule has 1 aromatic heterocycles. The maximum absolute atomic E-state index is 12.1. The average Bonchev–Trinajstić information content (AvgIpc) is 2.39. The molecule has 0 aliphatic carbocycles. The molecular formula is C14H20N4O2. The largest absolute Gasteiger partial charge is 0.356 e. The molecule has 0 spiro atoms. The zero-order valence-electron chi connectivity index (χ0n) is 12.4. The molecule has 0 aromatic carbocycles. The van der Waals surface area contributed by atoms with Gasteiger partial charge in [0.2, 0.25) is 0 Å². The Morgan fingerprint density at radius 1 is 1.10 bits per heavy atom. The summed E-state index contributed by atoms with van der Waals surface area (Å²) in [5, 5.41) is 9.30. The third-order valence-corrected chi connectivity index (χ3v) is 3.91. The second-order valence-corrected chi connectivity index (χ2v) is 5.87. The number of aromatic nitrogens is 2. The summed E-state index contributed by atoms with van der Waals surface area (Å²) >= 11 is 0. The number of hydrogen-bond acceptors (Lipinski definition) is 4. The molecule has 108 valence electrons. The van der Waals surface area contributed by atoms with Gasteiger partial charge in [-0.3, -0.25) is 13.9 Å². The van der Waals surface area contributed by atoms with Crippen molar-refractivity contribution < 1.29 is 0 Å². The van der Waals surface area contributed by atoms with Crippen LogP contribution in [0.2, 0.25) is 0 Å². The van der Waals surface area contributed by atoms with Gasteiger partial charge in [0.05, 0.1) is 0 Å². The molecule has 1 fully saturated rings. The van der Waals surface area contributed by atoms with E-state index in [1.54, 1.807) is 7.05 Å². The first kappa shape index (κ1) is 14.4. The normalized spacial score (nSPS) is 22.6. The van der Waals surface area contributed by atoms with E-state index < -0.39 is 11.2 Å². The molecule has 1 aliphatic rings. The molecular weight excluding hydrogens is 256 g/mol. The van der Waals surface area contributed by atoms with E-state index >= 15 is 0 Å². The van der Waals surface area contributed by atoms with Crippen molar-refractivity contribution in [3.05, 3.63) is 26.4 Å². The van der Waals surface area contributed by atoms with Crippen LogP contribution in [-0.4, -0.2) is 22.2 Å². The van der Waals surface area contributed by atoms with Crippen LogP contribution in [0.4, 0.5) is 5.82 Å². The fraction of sp³-hybridized carbons (Fsp3) is 0.643. The summed E-state index contributed by atoms with van der Waals surface area (Å²) < 4.78 is 2.39. The lowest BCUT2D eigenvalue weighted by molar-refractivity contribution is 0.352. The molecule has 2 rings (SSSR count). The van der Waals surface area contributed by atoms with E-state index in [1.165, 1.54) is 11.6 Å². The van der Waals surface area contributed by atoms with Gasteiger partial charge in [-0.15, -0.1) is 0 Å². The Hall–Kier alpha value is -2.03. The monoisotopic (exact) mass is 276 g/mol. The number of rotatable bonds is 1. The molecule has 0 unspecified atom stereocenters. The highest BCUT2D eigenvalue weighted by molar-refractivity contribution is 5.53. The molecule has 0 amide bonds. The molecule has 2 atom stereocenters. The molecule has 2 heterocycles. The van der Waals surface area contributed by atoms with Crippen LogP contribution in [0.1, 0.15) is 25.8 Å². The third-order valence-electron chi connectivity index (χ3n) is 3.91. The molecule has 0 bridgehead atoms. The molecule has 1 aromatic rings. The van der Waals surface area contributed by atoms with Crippen LogP contribution in [0.25, 0.3) is 0 Å². The smallest absolute Gasteiger partial charge is 0.332 e. The summed E-state index contributed by atoms with van der Waals surface area (Å²) in [5.41, 5.74) is -0.859. The molecule has 20 heavy (non-hydrogen) atoms.